The van der Waals surface area contributed by atoms with E-state index < -0.39 is 5.91 Å². The van der Waals surface area contributed by atoms with Gasteiger partial charge in [0.05, 0.1) is 0 Å². The van der Waals surface area contributed by atoms with Gasteiger partial charge in [-0.1, -0.05) is 25.1 Å². The topological polar surface area (TPSA) is 88.7 Å². The minimum Gasteiger partial charge on any atom is -0.360 e. The molecule has 130 valence electrons. The van der Waals surface area contributed by atoms with Crippen molar-refractivity contribution in [3.63, 3.8) is 0 Å². The van der Waals surface area contributed by atoms with Gasteiger partial charge in [0.2, 0.25) is 0 Å². The Balaban J connectivity index is 2.13. The predicted molar refractivity (Wildman–Crippen MR) is 104 cm³/mol. The number of hydrogen-bond donors (Lipinski definition) is 2. The number of nitriles is 2. The van der Waals surface area contributed by atoms with Crippen LogP contribution in [0.3, 0.4) is 0 Å². The summed E-state index contributed by atoms with van der Waals surface area (Å²) < 4.78 is 0. The van der Waals surface area contributed by atoms with Gasteiger partial charge in [-0.3, -0.25) is 4.79 Å². The summed E-state index contributed by atoms with van der Waals surface area (Å²) in [5.41, 5.74) is 3.42. The summed E-state index contributed by atoms with van der Waals surface area (Å²) in [5.74, 6) is -0.458. The fraction of sp³-hybridized carbons (Fsp3) is 0.150. The number of benzene rings is 2. The van der Waals surface area contributed by atoms with Crippen LogP contribution in [0, 0.1) is 28.9 Å². The molecule has 0 atom stereocenters. The highest BCUT2D eigenvalue weighted by atomic mass is 32.2. The Morgan fingerprint density at radius 3 is 2.54 bits per heavy atom. The van der Waals surface area contributed by atoms with Gasteiger partial charge < -0.3 is 10.6 Å². The van der Waals surface area contributed by atoms with Crippen LogP contribution in [0.15, 0.2) is 59.1 Å². The molecule has 6 heteroatoms. The number of thiocyanates is 1. The molecule has 0 radical (unpaired) electrons. The lowest BCUT2D eigenvalue weighted by Crippen LogP contribution is -2.16. The van der Waals surface area contributed by atoms with Gasteiger partial charge in [0.15, 0.2) is 0 Å². The van der Waals surface area contributed by atoms with Gasteiger partial charge >= 0.3 is 0 Å². The monoisotopic (exact) mass is 362 g/mol. The van der Waals surface area contributed by atoms with Gasteiger partial charge in [-0.15, -0.1) is 0 Å². The van der Waals surface area contributed by atoms with Crippen LogP contribution in [-0.4, -0.2) is 5.91 Å². The smallest absolute Gasteiger partial charge is 0.267 e. The lowest BCUT2D eigenvalue weighted by Gasteiger charge is -2.12. The normalized spacial score (nSPS) is 10.5. The second-order valence-corrected chi connectivity index (χ2v) is 6.31. The minimum atomic E-state index is -0.458. The predicted octanol–water partition coefficient (Wildman–Crippen LogP) is 4.59. The summed E-state index contributed by atoms with van der Waals surface area (Å²) in [6.45, 7) is 3.94. The quantitative estimate of drug-likeness (QED) is 0.340. The molecule has 5 nitrogen and oxygen atoms in total. The highest BCUT2D eigenvalue weighted by Gasteiger charge is 2.13. The lowest BCUT2D eigenvalue weighted by molar-refractivity contribution is -0.112. The van der Waals surface area contributed by atoms with Crippen LogP contribution < -0.4 is 10.6 Å². The SMILES string of the molecule is CCc1cccc(C)c1NC(=O)/C(C#N)=C\Nc1ccc(SC#N)cc1. The molecule has 0 aliphatic carbocycles. The molecule has 0 saturated heterocycles. The molecule has 0 heterocycles. The number of amides is 1. The Morgan fingerprint density at radius 1 is 1.19 bits per heavy atom. The van der Waals surface area contributed by atoms with Gasteiger partial charge in [0.25, 0.3) is 5.91 Å². The molecule has 0 unspecified atom stereocenters. The summed E-state index contributed by atoms with van der Waals surface area (Å²) in [4.78, 5) is 13.3. The maximum Gasteiger partial charge on any atom is 0.267 e. The van der Waals surface area contributed by atoms with Crippen LogP contribution in [0.5, 0.6) is 0 Å². The number of anilines is 2. The van der Waals surface area contributed by atoms with E-state index in [2.05, 4.69) is 10.6 Å². The van der Waals surface area contributed by atoms with Gasteiger partial charge in [0, 0.05) is 22.5 Å². The van der Waals surface area contributed by atoms with E-state index in [1.807, 2.05) is 43.5 Å². The standard InChI is InChI=1S/C20H18N4OS/c1-3-15-6-4-5-14(2)19(15)24-20(25)16(11-21)12-23-17-7-9-18(10-8-17)26-13-22/h4-10,12,23H,3H2,1-2H3,(H,24,25)/b16-12-. The Labute approximate surface area is 157 Å². The van der Waals surface area contributed by atoms with Crippen LogP contribution in [0.2, 0.25) is 0 Å². The number of rotatable bonds is 6. The molecule has 0 aliphatic rings. The molecule has 0 aromatic heterocycles. The van der Waals surface area contributed by atoms with Crippen molar-refractivity contribution in [2.75, 3.05) is 10.6 Å². The van der Waals surface area contributed by atoms with Gasteiger partial charge in [-0.2, -0.15) is 10.5 Å². The molecule has 0 saturated carbocycles. The number of nitrogens with one attached hydrogen (secondary N) is 2. The maximum atomic E-state index is 12.4. The van der Waals surface area contributed by atoms with E-state index in [4.69, 9.17) is 5.26 Å². The number of carbonyl (C=O) groups is 1. The van der Waals surface area contributed by atoms with Gasteiger partial charge in [0.1, 0.15) is 17.0 Å². The molecule has 1 amide bonds. The molecule has 0 aliphatic heterocycles. The zero-order chi connectivity index (χ0) is 18.9. The molecule has 0 bridgehead atoms. The highest BCUT2D eigenvalue weighted by Crippen LogP contribution is 2.22. The number of carbonyl (C=O) groups excluding carboxylic acids is 1. The maximum absolute atomic E-state index is 12.4. The molecular weight excluding hydrogens is 344 g/mol. The molecule has 2 rings (SSSR count). The first kappa shape index (κ1) is 19.1. The van der Waals surface area contributed by atoms with Crippen LogP contribution >= 0.6 is 11.8 Å². The van der Waals surface area contributed by atoms with E-state index in [0.717, 1.165) is 45.6 Å². The molecule has 0 spiro atoms. The van der Waals surface area contributed by atoms with E-state index in [9.17, 15) is 10.1 Å². The number of hydrogen-bond acceptors (Lipinski definition) is 5. The van der Waals surface area contributed by atoms with Crippen LogP contribution in [0.1, 0.15) is 18.1 Å². The first-order valence-corrected chi connectivity index (χ1v) is 8.83. The van der Waals surface area contributed by atoms with Crippen molar-refractivity contribution in [1.29, 1.82) is 10.5 Å². The molecule has 26 heavy (non-hydrogen) atoms. The zero-order valence-electron chi connectivity index (χ0n) is 14.5. The second kappa shape index (κ2) is 9.31. The summed E-state index contributed by atoms with van der Waals surface area (Å²) in [6.07, 6.45) is 2.17. The zero-order valence-corrected chi connectivity index (χ0v) is 15.4. The van der Waals surface area contributed by atoms with Crippen LogP contribution in [0.25, 0.3) is 0 Å². The highest BCUT2D eigenvalue weighted by molar-refractivity contribution is 8.03. The Morgan fingerprint density at radius 2 is 1.92 bits per heavy atom. The van der Waals surface area contributed by atoms with Crippen LogP contribution in [-0.2, 0) is 11.2 Å². The lowest BCUT2D eigenvalue weighted by atomic mass is 10.1. The third-order valence-electron chi connectivity index (χ3n) is 3.74. The average Bonchev–Trinajstić information content (AvgIpc) is 2.65. The summed E-state index contributed by atoms with van der Waals surface area (Å²) in [6, 6.07) is 14.9. The first-order chi connectivity index (χ1) is 12.6. The largest absolute Gasteiger partial charge is 0.360 e. The molecule has 2 N–H and O–H groups in total. The van der Waals surface area contributed by atoms with Crippen molar-refractivity contribution >= 4 is 29.0 Å². The number of thioether (sulfide) groups is 1. The molecule has 2 aromatic rings. The number of para-hydroxylation sites is 1. The van der Waals surface area contributed by atoms with Crippen molar-refractivity contribution in [2.45, 2.75) is 25.2 Å². The summed E-state index contributed by atoms with van der Waals surface area (Å²) in [7, 11) is 0. The van der Waals surface area contributed by atoms with Gasteiger partial charge in [-0.05, 0) is 60.5 Å². The Kier molecular flexibility index (Phi) is 6.84. The Bertz CT molecular complexity index is 905. The van der Waals surface area contributed by atoms with E-state index in [-0.39, 0.29) is 5.57 Å². The average molecular weight is 362 g/mol. The van der Waals surface area contributed by atoms with E-state index in [1.165, 1.54) is 6.20 Å². The van der Waals surface area contributed by atoms with Crippen molar-refractivity contribution in [1.82, 2.24) is 0 Å². The summed E-state index contributed by atoms with van der Waals surface area (Å²) >= 11 is 1.07. The minimum absolute atomic E-state index is 0.0224. The van der Waals surface area contributed by atoms with E-state index in [1.54, 1.807) is 24.3 Å². The van der Waals surface area contributed by atoms with Crippen molar-refractivity contribution in [2.24, 2.45) is 0 Å². The fourth-order valence-corrected chi connectivity index (χ4v) is 2.74. The molecule has 2 aromatic carbocycles. The third kappa shape index (κ3) is 4.89. The third-order valence-corrected chi connectivity index (χ3v) is 4.34. The van der Waals surface area contributed by atoms with Crippen molar-refractivity contribution in [3.8, 4) is 11.5 Å². The van der Waals surface area contributed by atoms with E-state index >= 15 is 0 Å². The molecular formula is C20H18N4OS. The van der Waals surface area contributed by atoms with Crippen molar-refractivity contribution in [3.05, 3.63) is 65.4 Å². The number of aryl methyl sites for hydroxylation is 2. The second-order valence-electron chi connectivity index (χ2n) is 5.45. The molecule has 0 fully saturated rings. The first-order valence-electron chi connectivity index (χ1n) is 8.01. The van der Waals surface area contributed by atoms with Crippen LogP contribution in [0.4, 0.5) is 11.4 Å². The van der Waals surface area contributed by atoms with Gasteiger partial charge in [-0.25, -0.2) is 0 Å². The van der Waals surface area contributed by atoms with Crippen molar-refractivity contribution < 1.29 is 4.79 Å². The Hall–Kier alpha value is -3.22. The van der Waals surface area contributed by atoms with E-state index in [0.29, 0.717) is 0 Å². The summed E-state index contributed by atoms with van der Waals surface area (Å²) in [5, 5.41) is 25.7. The number of nitrogens with zero attached hydrogens (tertiary/aromatic N) is 2. The fourth-order valence-electron chi connectivity index (χ4n) is 2.36.